The summed E-state index contributed by atoms with van der Waals surface area (Å²) in [6.45, 7) is 3.10. The van der Waals surface area contributed by atoms with E-state index in [1.54, 1.807) is 30.0 Å². The highest BCUT2D eigenvalue weighted by molar-refractivity contribution is 6.36. The van der Waals surface area contributed by atoms with E-state index in [-0.39, 0.29) is 22.8 Å². The third-order valence-corrected chi connectivity index (χ3v) is 4.01. The van der Waals surface area contributed by atoms with E-state index in [1.807, 2.05) is 0 Å². The number of carbonyl (C=O) groups excluding carboxylic acids is 2. The zero-order chi connectivity index (χ0) is 15.4. The monoisotopic (exact) mass is 310 g/mol. The van der Waals surface area contributed by atoms with E-state index in [0.29, 0.717) is 30.9 Å². The topological polar surface area (TPSA) is 72.6 Å². The molecule has 1 heterocycles. The van der Waals surface area contributed by atoms with Gasteiger partial charge in [0, 0.05) is 13.1 Å². The van der Waals surface area contributed by atoms with Crippen molar-refractivity contribution < 1.29 is 14.3 Å². The lowest BCUT2D eigenvalue weighted by Crippen LogP contribution is -2.42. The van der Waals surface area contributed by atoms with E-state index in [2.05, 4.69) is 0 Å². The maximum atomic E-state index is 12.5. The predicted octanol–water partition coefficient (Wildman–Crippen LogP) is 2.34. The van der Waals surface area contributed by atoms with E-state index in [9.17, 15) is 9.59 Å². The van der Waals surface area contributed by atoms with Crippen molar-refractivity contribution in [2.24, 2.45) is 5.92 Å². The number of rotatable bonds is 3. The minimum atomic E-state index is -0.262. The van der Waals surface area contributed by atoms with Crippen LogP contribution in [0.25, 0.3) is 0 Å². The number of anilines is 1. The second-order valence-electron chi connectivity index (χ2n) is 5.05. The second-order valence-corrected chi connectivity index (χ2v) is 5.43. The molecule has 0 aliphatic carbocycles. The summed E-state index contributed by atoms with van der Waals surface area (Å²) >= 11 is 6.09. The lowest BCUT2D eigenvalue weighted by atomic mass is 9.97. The van der Waals surface area contributed by atoms with E-state index < -0.39 is 0 Å². The summed E-state index contributed by atoms with van der Waals surface area (Å²) < 4.78 is 5.04. The summed E-state index contributed by atoms with van der Waals surface area (Å²) in [6.07, 6.45) is 1.52. The van der Waals surface area contributed by atoms with Gasteiger partial charge in [-0.3, -0.25) is 9.59 Å². The third-order valence-electron chi connectivity index (χ3n) is 3.59. The number of nitrogen functional groups attached to an aromatic ring is 1. The molecule has 0 spiro atoms. The van der Waals surface area contributed by atoms with Gasteiger partial charge >= 0.3 is 5.97 Å². The third kappa shape index (κ3) is 3.47. The Balaban J connectivity index is 2.12. The van der Waals surface area contributed by atoms with E-state index >= 15 is 0 Å². The Bertz CT molecular complexity index is 548. The number of nitrogens with two attached hydrogens (primary N) is 1. The van der Waals surface area contributed by atoms with Crippen molar-refractivity contribution in [3.63, 3.8) is 0 Å². The molecular weight excluding hydrogens is 292 g/mol. The Morgan fingerprint density at radius 1 is 1.48 bits per heavy atom. The van der Waals surface area contributed by atoms with Crippen molar-refractivity contribution in [3.8, 4) is 0 Å². The molecule has 6 heteroatoms. The average Bonchev–Trinajstić information content (AvgIpc) is 2.50. The SMILES string of the molecule is CCOC(=O)C1CCCN(C(=O)c2cccc(N)c2Cl)C1. The molecule has 0 saturated carbocycles. The highest BCUT2D eigenvalue weighted by Gasteiger charge is 2.30. The molecule has 1 aliphatic heterocycles. The first-order valence-electron chi connectivity index (χ1n) is 7.04. The van der Waals surface area contributed by atoms with Gasteiger partial charge in [0.05, 0.1) is 28.8 Å². The Morgan fingerprint density at radius 3 is 2.95 bits per heavy atom. The highest BCUT2D eigenvalue weighted by atomic mass is 35.5. The van der Waals surface area contributed by atoms with Gasteiger partial charge in [-0.1, -0.05) is 17.7 Å². The molecule has 2 N–H and O–H groups in total. The quantitative estimate of drug-likeness (QED) is 0.687. The number of carbonyl (C=O) groups is 2. The lowest BCUT2D eigenvalue weighted by Gasteiger charge is -2.31. The Labute approximate surface area is 129 Å². The molecule has 1 atom stereocenters. The number of likely N-dealkylation sites (tertiary alicyclic amines) is 1. The van der Waals surface area contributed by atoms with Gasteiger partial charge < -0.3 is 15.4 Å². The predicted molar refractivity (Wildman–Crippen MR) is 81.1 cm³/mol. The number of nitrogens with zero attached hydrogens (tertiary/aromatic N) is 1. The molecule has 114 valence electrons. The number of hydrogen-bond acceptors (Lipinski definition) is 4. The van der Waals surface area contributed by atoms with E-state index in [4.69, 9.17) is 22.1 Å². The Hall–Kier alpha value is -1.75. The maximum Gasteiger partial charge on any atom is 0.310 e. The number of ether oxygens (including phenoxy) is 1. The fourth-order valence-electron chi connectivity index (χ4n) is 2.50. The number of halogens is 1. The standard InChI is InChI=1S/C15H19ClN2O3/c1-2-21-15(20)10-5-4-8-18(9-10)14(19)11-6-3-7-12(17)13(11)16/h3,6-7,10H,2,4-5,8-9,17H2,1H3. The summed E-state index contributed by atoms with van der Waals surface area (Å²) in [5.74, 6) is -0.697. The van der Waals surface area contributed by atoms with Crippen LogP contribution in [0.5, 0.6) is 0 Å². The number of hydrogen-bond donors (Lipinski definition) is 1. The first kappa shape index (κ1) is 15.6. The zero-order valence-electron chi connectivity index (χ0n) is 12.0. The summed E-state index contributed by atoms with van der Waals surface area (Å²) in [6, 6.07) is 4.99. The molecule has 0 aromatic heterocycles. The molecule has 1 saturated heterocycles. The largest absolute Gasteiger partial charge is 0.466 e. The summed E-state index contributed by atoms with van der Waals surface area (Å²) in [5.41, 5.74) is 6.48. The second kappa shape index (κ2) is 6.80. The molecular formula is C15H19ClN2O3. The summed E-state index contributed by atoms with van der Waals surface area (Å²) in [4.78, 5) is 26.0. The van der Waals surface area contributed by atoms with Crippen LogP contribution in [-0.2, 0) is 9.53 Å². The zero-order valence-corrected chi connectivity index (χ0v) is 12.7. The number of amides is 1. The van der Waals surface area contributed by atoms with Gasteiger partial charge in [-0.05, 0) is 31.9 Å². The van der Waals surface area contributed by atoms with Gasteiger partial charge in [0.25, 0.3) is 5.91 Å². The average molecular weight is 311 g/mol. The maximum absolute atomic E-state index is 12.5. The first-order valence-corrected chi connectivity index (χ1v) is 7.42. The summed E-state index contributed by atoms with van der Waals surface area (Å²) in [5, 5.41) is 0.265. The number of benzene rings is 1. The van der Waals surface area contributed by atoms with Crippen LogP contribution in [-0.4, -0.2) is 36.5 Å². The van der Waals surface area contributed by atoms with Crippen LogP contribution in [0.1, 0.15) is 30.1 Å². The number of esters is 1. The fourth-order valence-corrected chi connectivity index (χ4v) is 2.71. The molecule has 21 heavy (non-hydrogen) atoms. The molecule has 1 aromatic rings. The molecule has 2 rings (SSSR count). The van der Waals surface area contributed by atoms with Gasteiger partial charge in [-0.25, -0.2) is 0 Å². The van der Waals surface area contributed by atoms with Crippen molar-refractivity contribution >= 4 is 29.2 Å². The normalized spacial score (nSPS) is 18.4. The van der Waals surface area contributed by atoms with Crippen LogP contribution in [0.3, 0.4) is 0 Å². The van der Waals surface area contributed by atoms with Crippen LogP contribution < -0.4 is 5.73 Å². The molecule has 0 bridgehead atoms. The molecule has 1 fully saturated rings. The molecule has 0 radical (unpaired) electrons. The Kier molecular flexibility index (Phi) is 5.07. The minimum absolute atomic E-state index is 0.193. The molecule has 1 aliphatic rings. The molecule has 1 aromatic carbocycles. The summed E-state index contributed by atoms with van der Waals surface area (Å²) in [7, 11) is 0. The van der Waals surface area contributed by atoms with Crippen LogP contribution >= 0.6 is 11.6 Å². The minimum Gasteiger partial charge on any atom is -0.466 e. The molecule has 5 nitrogen and oxygen atoms in total. The van der Waals surface area contributed by atoms with Gasteiger partial charge in [0.2, 0.25) is 0 Å². The van der Waals surface area contributed by atoms with Crippen molar-refractivity contribution in [3.05, 3.63) is 28.8 Å². The first-order chi connectivity index (χ1) is 10.0. The van der Waals surface area contributed by atoms with E-state index in [0.717, 1.165) is 12.8 Å². The van der Waals surface area contributed by atoms with Crippen molar-refractivity contribution in [2.75, 3.05) is 25.4 Å². The van der Waals surface area contributed by atoms with Gasteiger partial charge in [-0.2, -0.15) is 0 Å². The van der Waals surface area contributed by atoms with Crippen LogP contribution in [0, 0.1) is 5.92 Å². The lowest BCUT2D eigenvalue weighted by molar-refractivity contribution is -0.149. The van der Waals surface area contributed by atoms with Gasteiger partial charge in [0.15, 0.2) is 0 Å². The van der Waals surface area contributed by atoms with Crippen LogP contribution in [0.4, 0.5) is 5.69 Å². The molecule has 1 amide bonds. The van der Waals surface area contributed by atoms with Crippen LogP contribution in [0.2, 0.25) is 5.02 Å². The smallest absolute Gasteiger partial charge is 0.310 e. The Morgan fingerprint density at radius 2 is 2.24 bits per heavy atom. The van der Waals surface area contributed by atoms with E-state index in [1.165, 1.54) is 0 Å². The van der Waals surface area contributed by atoms with Crippen molar-refractivity contribution in [2.45, 2.75) is 19.8 Å². The fraction of sp³-hybridized carbons (Fsp3) is 0.467. The van der Waals surface area contributed by atoms with Gasteiger partial charge in [-0.15, -0.1) is 0 Å². The van der Waals surface area contributed by atoms with Crippen LogP contribution in [0.15, 0.2) is 18.2 Å². The van der Waals surface area contributed by atoms with Crippen molar-refractivity contribution in [1.29, 1.82) is 0 Å². The van der Waals surface area contributed by atoms with Gasteiger partial charge in [0.1, 0.15) is 0 Å². The highest BCUT2D eigenvalue weighted by Crippen LogP contribution is 2.26. The molecule has 1 unspecified atom stereocenters. The van der Waals surface area contributed by atoms with Crippen molar-refractivity contribution in [1.82, 2.24) is 4.90 Å². The number of piperidine rings is 1.